The van der Waals surface area contributed by atoms with E-state index in [-0.39, 0.29) is 11.9 Å². The van der Waals surface area contributed by atoms with Gasteiger partial charge in [0.25, 0.3) is 0 Å². The molecule has 1 unspecified atom stereocenters. The Balaban J connectivity index is 2.21. The summed E-state index contributed by atoms with van der Waals surface area (Å²) < 4.78 is 14.0. The lowest BCUT2D eigenvalue weighted by atomic mass is 10.0. The average molecular weight is 271 g/mol. The van der Waals surface area contributed by atoms with Crippen molar-refractivity contribution in [2.24, 2.45) is 5.73 Å². The molecule has 0 spiro atoms. The van der Waals surface area contributed by atoms with Crippen molar-refractivity contribution in [2.75, 3.05) is 13.6 Å². The lowest BCUT2D eigenvalue weighted by Gasteiger charge is -2.32. The maximum Gasteiger partial charge on any atom is 0.129 e. The minimum absolute atomic E-state index is 0.0645. The van der Waals surface area contributed by atoms with Gasteiger partial charge in [-0.2, -0.15) is 0 Å². The molecule has 0 aromatic heterocycles. The second-order valence-electron chi connectivity index (χ2n) is 5.02. The first-order valence-corrected chi connectivity index (χ1v) is 6.88. The number of benzene rings is 1. The Hall–Kier alpha value is -0.640. The summed E-state index contributed by atoms with van der Waals surface area (Å²) in [6.45, 7) is 0.422. The smallest absolute Gasteiger partial charge is 0.129 e. The van der Waals surface area contributed by atoms with Crippen LogP contribution in [0.2, 0.25) is 5.02 Å². The van der Waals surface area contributed by atoms with Crippen LogP contribution in [0, 0.1) is 5.82 Å². The Kier molecular flexibility index (Phi) is 4.60. The van der Waals surface area contributed by atoms with Gasteiger partial charge in [0.1, 0.15) is 5.82 Å². The Labute approximate surface area is 113 Å². The second-order valence-corrected chi connectivity index (χ2v) is 5.46. The molecule has 1 saturated carbocycles. The molecule has 1 aromatic carbocycles. The van der Waals surface area contributed by atoms with Crippen molar-refractivity contribution in [3.05, 3.63) is 34.6 Å². The first-order valence-electron chi connectivity index (χ1n) is 6.50. The molecule has 2 rings (SSSR count). The van der Waals surface area contributed by atoms with E-state index in [1.807, 2.05) is 7.05 Å². The van der Waals surface area contributed by atoms with E-state index in [0.29, 0.717) is 23.2 Å². The summed E-state index contributed by atoms with van der Waals surface area (Å²) in [6.07, 6.45) is 4.88. The normalized spacial score (nSPS) is 18.5. The van der Waals surface area contributed by atoms with Crippen LogP contribution in [0.4, 0.5) is 4.39 Å². The van der Waals surface area contributed by atoms with Gasteiger partial charge in [0.2, 0.25) is 0 Å². The zero-order chi connectivity index (χ0) is 13.1. The molecule has 100 valence electrons. The van der Waals surface area contributed by atoms with E-state index in [0.717, 1.165) is 0 Å². The summed E-state index contributed by atoms with van der Waals surface area (Å²) in [5, 5.41) is 0.426. The molecule has 0 radical (unpaired) electrons. The van der Waals surface area contributed by atoms with Crippen molar-refractivity contribution in [2.45, 2.75) is 37.8 Å². The molecule has 2 nitrogen and oxygen atoms in total. The molecule has 0 heterocycles. The zero-order valence-electron chi connectivity index (χ0n) is 10.7. The molecular formula is C14H20ClFN2. The van der Waals surface area contributed by atoms with Gasteiger partial charge < -0.3 is 5.73 Å². The number of halogens is 2. The summed E-state index contributed by atoms with van der Waals surface area (Å²) in [5.74, 6) is -0.261. The lowest BCUT2D eigenvalue weighted by Crippen LogP contribution is -2.37. The van der Waals surface area contributed by atoms with Crippen LogP contribution in [0.3, 0.4) is 0 Å². The Bertz CT molecular complexity index is 405. The van der Waals surface area contributed by atoms with Gasteiger partial charge in [-0.15, -0.1) is 0 Å². The molecule has 1 fully saturated rings. The highest BCUT2D eigenvalue weighted by atomic mass is 35.5. The predicted molar refractivity (Wildman–Crippen MR) is 73.2 cm³/mol. The van der Waals surface area contributed by atoms with Crippen LogP contribution in [-0.4, -0.2) is 24.5 Å². The summed E-state index contributed by atoms with van der Waals surface area (Å²) in [4.78, 5) is 2.22. The van der Waals surface area contributed by atoms with Crippen LogP contribution in [0.5, 0.6) is 0 Å². The molecule has 2 N–H and O–H groups in total. The van der Waals surface area contributed by atoms with Gasteiger partial charge in [-0.3, -0.25) is 4.90 Å². The minimum Gasteiger partial charge on any atom is -0.329 e. The van der Waals surface area contributed by atoms with Crippen LogP contribution in [0.1, 0.15) is 37.3 Å². The van der Waals surface area contributed by atoms with Gasteiger partial charge in [-0.25, -0.2) is 4.39 Å². The highest BCUT2D eigenvalue weighted by Gasteiger charge is 2.27. The van der Waals surface area contributed by atoms with Gasteiger partial charge in [0, 0.05) is 29.2 Å². The average Bonchev–Trinajstić information content (AvgIpc) is 2.86. The largest absolute Gasteiger partial charge is 0.329 e. The Morgan fingerprint density at radius 3 is 2.67 bits per heavy atom. The van der Waals surface area contributed by atoms with Crippen molar-refractivity contribution in [3.8, 4) is 0 Å². The summed E-state index contributed by atoms with van der Waals surface area (Å²) in [7, 11) is 2.04. The van der Waals surface area contributed by atoms with E-state index in [2.05, 4.69) is 4.90 Å². The van der Waals surface area contributed by atoms with Crippen molar-refractivity contribution >= 4 is 11.6 Å². The van der Waals surface area contributed by atoms with Crippen molar-refractivity contribution in [1.82, 2.24) is 4.90 Å². The van der Waals surface area contributed by atoms with Gasteiger partial charge in [-0.05, 0) is 32.0 Å². The fourth-order valence-corrected chi connectivity index (χ4v) is 3.01. The van der Waals surface area contributed by atoms with E-state index >= 15 is 0 Å². The fourth-order valence-electron chi connectivity index (χ4n) is 2.85. The monoisotopic (exact) mass is 270 g/mol. The molecule has 1 aliphatic rings. The molecule has 1 atom stereocenters. The third-order valence-electron chi connectivity index (χ3n) is 3.94. The van der Waals surface area contributed by atoms with Crippen molar-refractivity contribution < 1.29 is 4.39 Å². The van der Waals surface area contributed by atoms with E-state index in [1.54, 1.807) is 12.1 Å². The highest BCUT2D eigenvalue weighted by molar-refractivity contribution is 6.30. The topological polar surface area (TPSA) is 29.3 Å². The van der Waals surface area contributed by atoms with E-state index < -0.39 is 0 Å². The Morgan fingerprint density at radius 2 is 2.11 bits per heavy atom. The van der Waals surface area contributed by atoms with Gasteiger partial charge in [-0.1, -0.05) is 30.5 Å². The van der Waals surface area contributed by atoms with Crippen LogP contribution in [-0.2, 0) is 0 Å². The van der Waals surface area contributed by atoms with Crippen LogP contribution in [0.25, 0.3) is 0 Å². The third-order valence-corrected chi connectivity index (χ3v) is 4.17. The quantitative estimate of drug-likeness (QED) is 0.909. The Morgan fingerprint density at radius 1 is 1.44 bits per heavy atom. The zero-order valence-corrected chi connectivity index (χ0v) is 11.5. The van der Waals surface area contributed by atoms with E-state index in [4.69, 9.17) is 17.3 Å². The first kappa shape index (κ1) is 13.8. The third kappa shape index (κ3) is 2.85. The van der Waals surface area contributed by atoms with Crippen molar-refractivity contribution in [1.29, 1.82) is 0 Å². The molecule has 0 bridgehead atoms. The number of nitrogens with two attached hydrogens (primary N) is 1. The summed E-state index contributed by atoms with van der Waals surface area (Å²) in [6, 6.07) is 5.30. The maximum atomic E-state index is 14.0. The van der Waals surface area contributed by atoms with Crippen LogP contribution >= 0.6 is 11.6 Å². The molecule has 0 aliphatic heterocycles. The highest BCUT2D eigenvalue weighted by Crippen LogP contribution is 2.31. The van der Waals surface area contributed by atoms with Gasteiger partial charge in [0.05, 0.1) is 0 Å². The molecule has 0 saturated heterocycles. The standard InChI is InChI=1S/C14H20ClFN2/c1-18(11-4-2-3-5-11)14(9-17)12-7-6-10(15)8-13(12)16/h6-8,11,14H,2-5,9,17H2,1H3. The number of rotatable bonds is 4. The number of hydrogen-bond donors (Lipinski definition) is 1. The summed E-state index contributed by atoms with van der Waals surface area (Å²) in [5.41, 5.74) is 6.49. The molecule has 18 heavy (non-hydrogen) atoms. The van der Waals surface area contributed by atoms with Crippen LogP contribution in [0.15, 0.2) is 18.2 Å². The lowest BCUT2D eigenvalue weighted by molar-refractivity contribution is 0.176. The molecule has 4 heteroatoms. The molecule has 1 aromatic rings. The predicted octanol–water partition coefficient (Wildman–Crippen LogP) is 3.35. The minimum atomic E-state index is -0.261. The molecule has 1 aliphatic carbocycles. The summed E-state index contributed by atoms with van der Waals surface area (Å²) >= 11 is 5.79. The SMILES string of the molecule is CN(C1CCCC1)C(CN)c1ccc(Cl)cc1F. The van der Waals surface area contributed by atoms with Gasteiger partial charge >= 0.3 is 0 Å². The first-order chi connectivity index (χ1) is 8.63. The second kappa shape index (κ2) is 6.00. The van der Waals surface area contributed by atoms with E-state index in [9.17, 15) is 4.39 Å². The van der Waals surface area contributed by atoms with Crippen molar-refractivity contribution in [3.63, 3.8) is 0 Å². The van der Waals surface area contributed by atoms with Crippen LogP contribution < -0.4 is 5.73 Å². The van der Waals surface area contributed by atoms with Gasteiger partial charge in [0.15, 0.2) is 0 Å². The number of hydrogen-bond acceptors (Lipinski definition) is 2. The molecule has 0 amide bonds. The number of likely N-dealkylation sites (N-methyl/N-ethyl adjacent to an activating group) is 1. The maximum absolute atomic E-state index is 14.0. The fraction of sp³-hybridized carbons (Fsp3) is 0.571. The molecular weight excluding hydrogens is 251 g/mol. The van der Waals surface area contributed by atoms with E-state index in [1.165, 1.54) is 31.7 Å². The number of nitrogens with zero attached hydrogens (tertiary/aromatic N) is 1.